The molecule has 1 unspecified atom stereocenters. The largest absolute Gasteiger partial charge is 0.355 e. The molecule has 0 radical (unpaired) electrons. The van der Waals surface area contributed by atoms with E-state index in [1.807, 2.05) is 61.2 Å². The minimum Gasteiger partial charge on any atom is -0.355 e. The van der Waals surface area contributed by atoms with Gasteiger partial charge in [0.25, 0.3) is 5.91 Å². The van der Waals surface area contributed by atoms with Crippen molar-refractivity contribution in [1.29, 1.82) is 0 Å². The summed E-state index contributed by atoms with van der Waals surface area (Å²) < 4.78 is 0. The molecule has 148 valence electrons. The van der Waals surface area contributed by atoms with Crippen LogP contribution >= 0.6 is 0 Å². The average molecular weight is 387 g/mol. The number of nitrogens with zero attached hydrogens (tertiary/aromatic N) is 2. The molecule has 0 aliphatic carbocycles. The van der Waals surface area contributed by atoms with Crippen molar-refractivity contribution in [2.45, 2.75) is 32.2 Å². The van der Waals surface area contributed by atoms with Gasteiger partial charge >= 0.3 is 0 Å². The summed E-state index contributed by atoms with van der Waals surface area (Å²) in [5, 5.41) is 1.14. The molecule has 2 aromatic carbocycles. The first kappa shape index (κ1) is 18.0. The van der Waals surface area contributed by atoms with Crippen LogP contribution in [0, 0.1) is 5.92 Å². The van der Waals surface area contributed by atoms with Crippen molar-refractivity contribution >= 4 is 28.4 Å². The van der Waals surface area contributed by atoms with E-state index in [4.69, 9.17) is 0 Å². The zero-order valence-electron chi connectivity index (χ0n) is 17.0. The fourth-order valence-electron chi connectivity index (χ4n) is 5.11. The quantitative estimate of drug-likeness (QED) is 0.727. The number of amides is 2. The number of benzene rings is 2. The van der Waals surface area contributed by atoms with Gasteiger partial charge in [0.1, 0.15) is 0 Å². The molecule has 2 aliphatic rings. The highest BCUT2D eigenvalue weighted by Gasteiger charge is 2.59. The second kappa shape index (κ2) is 6.21. The molecule has 0 bridgehead atoms. The third kappa shape index (κ3) is 2.27. The normalized spacial score (nSPS) is 20.6. The highest BCUT2D eigenvalue weighted by molar-refractivity contribution is 6.12. The summed E-state index contributed by atoms with van der Waals surface area (Å²) in [4.78, 5) is 34.4. The predicted octanol–water partition coefficient (Wildman–Crippen LogP) is 3.82. The lowest BCUT2D eigenvalue weighted by molar-refractivity contribution is -0.145. The molecule has 5 nitrogen and oxygen atoms in total. The molecule has 1 N–H and O–H groups in total. The Bertz CT molecular complexity index is 1150. The second-order valence-electron chi connectivity index (χ2n) is 8.51. The molecule has 1 aromatic heterocycles. The van der Waals surface area contributed by atoms with Crippen LogP contribution < -0.4 is 4.90 Å². The molecular formula is C24H25N3O2. The van der Waals surface area contributed by atoms with Crippen molar-refractivity contribution in [1.82, 2.24) is 9.88 Å². The number of likely N-dealkylation sites (N-methyl/N-ethyl adjacent to an activating group) is 1. The lowest BCUT2D eigenvalue weighted by atomic mass is 9.79. The van der Waals surface area contributed by atoms with E-state index in [9.17, 15) is 9.59 Å². The van der Waals surface area contributed by atoms with E-state index in [1.54, 1.807) is 11.9 Å². The fraction of sp³-hybridized carbons (Fsp3) is 0.333. The molecule has 5 rings (SSSR count). The predicted molar refractivity (Wildman–Crippen MR) is 114 cm³/mol. The first-order valence-electron chi connectivity index (χ1n) is 10.2. The first-order chi connectivity index (χ1) is 14.0. The van der Waals surface area contributed by atoms with Crippen LogP contribution in [0.25, 0.3) is 10.9 Å². The zero-order valence-corrected chi connectivity index (χ0v) is 17.0. The monoisotopic (exact) mass is 387 g/mol. The van der Waals surface area contributed by atoms with Gasteiger partial charge in [-0.3, -0.25) is 9.59 Å². The van der Waals surface area contributed by atoms with E-state index in [0.29, 0.717) is 13.0 Å². The topological polar surface area (TPSA) is 56.4 Å². The SMILES string of the molecule is CC(C)CC(=O)N1CCc2c([nH]c3ccccc23)C12C(=O)N(C)c1ccccc12. The number of nitrogens with one attached hydrogen (secondary N) is 1. The standard InChI is InChI=1S/C24H25N3O2/c1-15(2)14-21(28)27-13-12-17-16-8-4-6-10-19(16)25-22(17)24(27)18-9-5-7-11-20(18)26(3)23(24)29/h4-11,15,25H,12-14H2,1-3H3. The Labute approximate surface area is 170 Å². The Morgan fingerprint density at radius 2 is 1.86 bits per heavy atom. The van der Waals surface area contributed by atoms with Crippen molar-refractivity contribution in [3.8, 4) is 0 Å². The number of hydrogen-bond donors (Lipinski definition) is 1. The van der Waals surface area contributed by atoms with Crippen LogP contribution in [0.1, 0.15) is 37.1 Å². The van der Waals surface area contributed by atoms with Gasteiger partial charge in [-0.2, -0.15) is 0 Å². The molecule has 3 heterocycles. The van der Waals surface area contributed by atoms with Gasteiger partial charge in [0.15, 0.2) is 5.54 Å². The van der Waals surface area contributed by atoms with Crippen LogP contribution in [-0.2, 0) is 21.5 Å². The fourth-order valence-corrected chi connectivity index (χ4v) is 5.11. The summed E-state index contributed by atoms with van der Waals surface area (Å²) in [6.07, 6.45) is 1.17. The number of hydrogen-bond acceptors (Lipinski definition) is 2. The number of anilines is 1. The maximum atomic E-state index is 13.9. The van der Waals surface area contributed by atoms with E-state index in [0.717, 1.165) is 39.8 Å². The van der Waals surface area contributed by atoms with Gasteiger partial charge in [0.2, 0.25) is 5.91 Å². The molecule has 29 heavy (non-hydrogen) atoms. The number of carbonyl (C=O) groups is 2. The van der Waals surface area contributed by atoms with E-state index in [1.165, 1.54) is 0 Å². The highest BCUT2D eigenvalue weighted by atomic mass is 16.2. The summed E-state index contributed by atoms with van der Waals surface area (Å²) in [6, 6.07) is 16.0. The molecule has 5 heteroatoms. The van der Waals surface area contributed by atoms with E-state index < -0.39 is 5.54 Å². The van der Waals surface area contributed by atoms with E-state index in [2.05, 4.69) is 11.1 Å². The number of H-pyrrole nitrogens is 1. The highest BCUT2D eigenvalue weighted by Crippen LogP contribution is 2.51. The summed E-state index contributed by atoms with van der Waals surface area (Å²) >= 11 is 0. The number of rotatable bonds is 2. The van der Waals surface area contributed by atoms with Crippen LogP contribution in [0.15, 0.2) is 48.5 Å². The van der Waals surface area contributed by atoms with Gasteiger partial charge in [-0.25, -0.2) is 0 Å². The number of fused-ring (bicyclic) bond motifs is 6. The summed E-state index contributed by atoms with van der Waals surface area (Å²) in [5.41, 5.74) is 3.64. The van der Waals surface area contributed by atoms with Crippen LogP contribution in [0.5, 0.6) is 0 Å². The zero-order chi connectivity index (χ0) is 20.3. The number of para-hydroxylation sites is 2. The second-order valence-corrected chi connectivity index (χ2v) is 8.51. The van der Waals surface area contributed by atoms with Crippen molar-refractivity contribution in [2.75, 3.05) is 18.5 Å². The average Bonchev–Trinajstić information content (AvgIpc) is 3.19. The van der Waals surface area contributed by atoms with Crippen molar-refractivity contribution in [2.24, 2.45) is 5.92 Å². The van der Waals surface area contributed by atoms with Crippen molar-refractivity contribution in [3.63, 3.8) is 0 Å². The third-order valence-electron chi connectivity index (χ3n) is 6.32. The molecular weight excluding hydrogens is 362 g/mol. The van der Waals surface area contributed by atoms with E-state index >= 15 is 0 Å². The lowest BCUT2D eigenvalue weighted by Gasteiger charge is -2.43. The van der Waals surface area contributed by atoms with Gasteiger partial charge in [-0.1, -0.05) is 50.2 Å². The number of aromatic amines is 1. The summed E-state index contributed by atoms with van der Waals surface area (Å²) in [6.45, 7) is 4.62. The minimum atomic E-state index is -1.12. The Kier molecular flexibility index (Phi) is 3.85. The van der Waals surface area contributed by atoms with Crippen molar-refractivity contribution < 1.29 is 9.59 Å². The Balaban J connectivity index is 1.84. The van der Waals surface area contributed by atoms with Crippen LogP contribution in [0.2, 0.25) is 0 Å². The van der Waals surface area contributed by atoms with Crippen LogP contribution in [-0.4, -0.2) is 35.3 Å². The summed E-state index contributed by atoms with van der Waals surface area (Å²) in [7, 11) is 1.80. The van der Waals surface area contributed by atoms with Gasteiger partial charge in [-0.05, 0) is 30.0 Å². The smallest absolute Gasteiger partial charge is 0.263 e. The van der Waals surface area contributed by atoms with Gasteiger partial charge in [0, 0.05) is 42.2 Å². The van der Waals surface area contributed by atoms with E-state index in [-0.39, 0.29) is 17.7 Å². The van der Waals surface area contributed by atoms with Gasteiger partial charge in [-0.15, -0.1) is 0 Å². The molecule has 2 aliphatic heterocycles. The molecule has 0 fully saturated rings. The van der Waals surface area contributed by atoms with Crippen LogP contribution in [0.3, 0.4) is 0 Å². The van der Waals surface area contributed by atoms with Gasteiger partial charge in [0.05, 0.1) is 5.69 Å². The maximum Gasteiger partial charge on any atom is 0.263 e. The first-order valence-corrected chi connectivity index (χ1v) is 10.2. The third-order valence-corrected chi connectivity index (χ3v) is 6.32. The Morgan fingerprint density at radius 1 is 1.14 bits per heavy atom. The molecule has 0 saturated heterocycles. The number of carbonyl (C=O) groups excluding carboxylic acids is 2. The Morgan fingerprint density at radius 3 is 2.66 bits per heavy atom. The molecule has 1 atom stereocenters. The molecule has 3 aromatic rings. The Hall–Kier alpha value is -3.08. The molecule has 2 amide bonds. The van der Waals surface area contributed by atoms with Crippen LogP contribution in [0.4, 0.5) is 5.69 Å². The lowest BCUT2D eigenvalue weighted by Crippen LogP contribution is -2.59. The molecule has 1 spiro atoms. The molecule has 0 saturated carbocycles. The minimum absolute atomic E-state index is 0.0303. The maximum absolute atomic E-state index is 13.9. The van der Waals surface area contributed by atoms with Crippen molar-refractivity contribution in [3.05, 3.63) is 65.4 Å². The number of aromatic nitrogens is 1. The summed E-state index contributed by atoms with van der Waals surface area (Å²) in [5.74, 6) is 0.194. The van der Waals surface area contributed by atoms with Gasteiger partial charge < -0.3 is 14.8 Å².